The van der Waals surface area contributed by atoms with Gasteiger partial charge in [-0.3, -0.25) is 4.79 Å². The summed E-state index contributed by atoms with van der Waals surface area (Å²) in [6.45, 7) is 0. The van der Waals surface area contributed by atoms with Crippen molar-refractivity contribution in [1.29, 1.82) is 0 Å². The first-order valence-corrected chi connectivity index (χ1v) is 5.47. The maximum Gasteiger partial charge on any atom is 0.270 e. The van der Waals surface area contributed by atoms with Crippen molar-refractivity contribution in [3.05, 3.63) is 24.3 Å². The summed E-state index contributed by atoms with van der Waals surface area (Å²) in [7, 11) is 0. The molecule has 1 heterocycles. The minimum atomic E-state index is -2.02. The summed E-state index contributed by atoms with van der Waals surface area (Å²) in [6.07, 6.45) is 5.17. The smallest absolute Gasteiger partial charge is 0.270 e. The van der Waals surface area contributed by atoms with Crippen LogP contribution in [0.4, 0.5) is 4.39 Å². The van der Waals surface area contributed by atoms with Crippen LogP contribution in [0, 0.1) is 5.92 Å². The molecule has 2 unspecified atom stereocenters. The van der Waals surface area contributed by atoms with E-state index in [1.54, 1.807) is 18.5 Å². The topological polar surface area (TPSA) is 54.9 Å². The highest BCUT2D eigenvalue weighted by atomic mass is 35.5. The lowest BCUT2D eigenvalue weighted by atomic mass is 10.1. The maximum absolute atomic E-state index is 12.6. The van der Waals surface area contributed by atoms with Gasteiger partial charge in [-0.15, -0.1) is 0 Å². The number of carbonyl (C=O) groups excluding carboxylic acids is 1. The quantitative estimate of drug-likeness (QED) is 0.817. The molecule has 2 atom stereocenters. The number of rotatable bonds is 4. The van der Waals surface area contributed by atoms with E-state index in [-0.39, 0.29) is 6.04 Å². The molecule has 16 heavy (non-hydrogen) atoms. The number of nitrogens with zero attached hydrogens (tertiary/aromatic N) is 2. The second-order valence-electron chi connectivity index (χ2n) is 3.73. The molecule has 4 nitrogen and oxygen atoms in total. The van der Waals surface area contributed by atoms with E-state index in [9.17, 15) is 9.18 Å². The van der Waals surface area contributed by atoms with Crippen LogP contribution >= 0.6 is 11.6 Å². The lowest BCUT2D eigenvalue weighted by molar-refractivity contribution is -0.124. The van der Waals surface area contributed by atoms with Crippen LogP contribution in [0.5, 0.6) is 0 Å². The summed E-state index contributed by atoms with van der Waals surface area (Å²) < 4.78 is 12.6. The molecular weight excluding hydrogens is 233 g/mol. The average Bonchev–Trinajstić information content (AvgIpc) is 3.10. The first-order chi connectivity index (χ1) is 7.68. The van der Waals surface area contributed by atoms with Crippen LogP contribution in [0.2, 0.25) is 0 Å². The van der Waals surface area contributed by atoms with Crippen molar-refractivity contribution in [2.45, 2.75) is 24.5 Å². The Morgan fingerprint density at radius 2 is 2.12 bits per heavy atom. The fraction of sp³-hybridized carbons (Fsp3) is 0.500. The molecule has 1 N–H and O–H groups in total. The Kier molecular flexibility index (Phi) is 3.33. The number of alkyl halides is 2. The Morgan fingerprint density at radius 1 is 1.50 bits per heavy atom. The molecule has 1 aliphatic carbocycles. The normalized spacial score (nSPS) is 18.9. The van der Waals surface area contributed by atoms with E-state index < -0.39 is 11.5 Å². The van der Waals surface area contributed by atoms with Crippen molar-refractivity contribution in [1.82, 2.24) is 15.3 Å². The Morgan fingerprint density at radius 3 is 2.62 bits per heavy atom. The van der Waals surface area contributed by atoms with Gasteiger partial charge in [-0.1, -0.05) is 11.6 Å². The fourth-order valence-electron chi connectivity index (χ4n) is 1.51. The van der Waals surface area contributed by atoms with Gasteiger partial charge in [0.05, 0.1) is 6.04 Å². The predicted octanol–water partition coefficient (Wildman–Crippen LogP) is 1.58. The van der Waals surface area contributed by atoms with Crippen LogP contribution in [0.3, 0.4) is 0 Å². The highest BCUT2D eigenvalue weighted by Crippen LogP contribution is 2.39. The van der Waals surface area contributed by atoms with Crippen LogP contribution in [0.25, 0.3) is 0 Å². The second-order valence-corrected chi connectivity index (χ2v) is 4.11. The number of halogens is 2. The monoisotopic (exact) mass is 243 g/mol. The van der Waals surface area contributed by atoms with Gasteiger partial charge in [-0.05, 0) is 24.8 Å². The first-order valence-electron chi connectivity index (χ1n) is 5.04. The number of aromatic nitrogens is 2. The van der Waals surface area contributed by atoms with E-state index >= 15 is 0 Å². The Labute approximate surface area is 97.2 Å². The Balaban J connectivity index is 2.09. The van der Waals surface area contributed by atoms with Crippen molar-refractivity contribution in [2.24, 2.45) is 5.92 Å². The lowest BCUT2D eigenvalue weighted by Gasteiger charge is -2.16. The molecule has 0 aromatic carbocycles. The van der Waals surface area contributed by atoms with Gasteiger partial charge >= 0.3 is 0 Å². The Bertz CT molecular complexity index is 370. The van der Waals surface area contributed by atoms with E-state index in [1.807, 2.05) is 0 Å². The zero-order chi connectivity index (χ0) is 11.5. The number of hydrogen-bond acceptors (Lipinski definition) is 3. The predicted molar refractivity (Wildman–Crippen MR) is 56.4 cm³/mol. The summed E-state index contributed by atoms with van der Waals surface area (Å²) >= 11 is 5.07. The molecule has 2 rings (SSSR count). The third kappa shape index (κ3) is 2.66. The van der Waals surface area contributed by atoms with Gasteiger partial charge in [0, 0.05) is 12.4 Å². The van der Waals surface area contributed by atoms with Gasteiger partial charge < -0.3 is 5.32 Å². The van der Waals surface area contributed by atoms with E-state index in [4.69, 9.17) is 11.6 Å². The molecular formula is C10H11ClFN3O. The zero-order valence-corrected chi connectivity index (χ0v) is 9.19. The lowest BCUT2D eigenvalue weighted by Crippen LogP contribution is -2.34. The van der Waals surface area contributed by atoms with Gasteiger partial charge in [0.2, 0.25) is 0 Å². The van der Waals surface area contributed by atoms with Gasteiger partial charge in [0.25, 0.3) is 11.5 Å². The van der Waals surface area contributed by atoms with Crippen LogP contribution in [0.15, 0.2) is 18.5 Å². The minimum Gasteiger partial charge on any atom is -0.342 e. The highest BCUT2D eigenvalue weighted by Gasteiger charge is 2.36. The van der Waals surface area contributed by atoms with E-state index in [0.29, 0.717) is 11.7 Å². The first kappa shape index (κ1) is 11.3. The summed E-state index contributed by atoms with van der Waals surface area (Å²) in [6, 6.07) is 1.36. The molecule has 0 aliphatic heterocycles. The van der Waals surface area contributed by atoms with Crippen molar-refractivity contribution in [2.75, 3.05) is 0 Å². The van der Waals surface area contributed by atoms with Gasteiger partial charge in [-0.2, -0.15) is 0 Å². The fourth-order valence-corrected chi connectivity index (χ4v) is 1.57. The summed E-state index contributed by atoms with van der Waals surface area (Å²) in [4.78, 5) is 19.3. The molecule has 1 amide bonds. The van der Waals surface area contributed by atoms with Crippen LogP contribution in [-0.4, -0.2) is 21.5 Å². The molecule has 1 saturated carbocycles. The van der Waals surface area contributed by atoms with Gasteiger partial charge in [-0.25, -0.2) is 14.4 Å². The summed E-state index contributed by atoms with van der Waals surface area (Å²) in [5.74, 6) is -0.0246. The van der Waals surface area contributed by atoms with E-state index in [0.717, 1.165) is 12.8 Å². The third-order valence-corrected chi connectivity index (χ3v) is 2.65. The van der Waals surface area contributed by atoms with Crippen LogP contribution in [0.1, 0.15) is 24.7 Å². The number of hydrogen-bond donors (Lipinski definition) is 1. The van der Waals surface area contributed by atoms with Gasteiger partial charge in [0.1, 0.15) is 0 Å². The minimum absolute atomic E-state index is 0.293. The third-order valence-electron chi connectivity index (χ3n) is 2.45. The van der Waals surface area contributed by atoms with E-state index in [1.165, 1.54) is 0 Å². The largest absolute Gasteiger partial charge is 0.342 e. The van der Waals surface area contributed by atoms with Crippen molar-refractivity contribution >= 4 is 17.5 Å². The number of amides is 1. The molecule has 6 heteroatoms. The molecule has 0 spiro atoms. The highest BCUT2D eigenvalue weighted by molar-refractivity contribution is 6.29. The summed E-state index contributed by atoms with van der Waals surface area (Å²) in [5.41, 5.74) is -2.02. The number of nitrogens with one attached hydrogen (secondary N) is 1. The standard InChI is InChI=1S/C10H11ClFN3O/c11-8(12)10(16)15-7(6-2-3-6)9-13-4-1-5-14-9/h1,4-8H,2-3H2,(H,15,16). The van der Waals surface area contributed by atoms with Crippen molar-refractivity contribution in [3.8, 4) is 0 Å². The second kappa shape index (κ2) is 4.74. The molecule has 1 aromatic heterocycles. The van der Waals surface area contributed by atoms with Crippen molar-refractivity contribution in [3.63, 3.8) is 0 Å². The Hall–Kier alpha value is -1.23. The molecule has 86 valence electrons. The molecule has 1 aliphatic rings. The van der Waals surface area contributed by atoms with Crippen LogP contribution < -0.4 is 5.32 Å². The maximum atomic E-state index is 12.6. The molecule has 0 radical (unpaired) electrons. The molecule has 0 saturated heterocycles. The average molecular weight is 244 g/mol. The SMILES string of the molecule is O=C(NC(c1ncccn1)C1CC1)C(F)Cl. The molecule has 1 aromatic rings. The zero-order valence-electron chi connectivity index (χ0n) is 8.44. The van der Waals surface area contributed by atoms with Gasteiger partial charge in [0.15, 0.2) is 5.82 Å². The molecule has 1 fully saturated rings. The van der Waals surface area contributed by atoms with E-state index in [2.05, 4.69) is 15.3 Å². The number of carbonyl (C=O) groups is 1. The molecule has 0 bridgehead atoms. The summed E-state index contributed by atoms with van der Waals surface area (Å²) in [5, 5.41) is 2.52. The van der Waals surface area contributed by atoms with Crippen molar-refractivity contribution < 1.29 is 9.18 Å². The van der Waals surface area contributed by atoms with Crippen LogP contribution in [-0.2, 0) is 4.79 Å².